The van der Waals surface area contributed by atoms with Gasteiger partial charge in [-0.2, -0.15) is 0 Å². The van der Waals surface area contributed by atoms with Gasteiger partial charge in [0.2, 0.25) is 0 Å². The average Bonchev–Trinajstić information content (AvgIpc) is 2.56. The van der Waals surface area contributed by atoms with E-state index in [1.807, 2.05) is 6.92 Å². The van der Waals surface area contributed by atoms with Crippen LogP contribution in [0, 0.1) is 6.92 Å². The van der Waals surface area contributed by atoms with Gasteiger partial charge in [-0.3, -0.25) is 9.10 Å². The fourth-order valence-electron chi connectivity index (χ4n) is 2.16. The van der Waals surface area contributed by atoms with Gasteiger partial charge in [0.1, 0.15) is 6.54 Å². The van der Waals surface area contributed by atoms with Crippen LogP contribution in [0.25, 0.3) is 0 Å². The van der Waals surface area contributed by atoms with Crippen molar-refractivity contribution in [1.29, 1.82) is 0 Å². The molecule has 5 nitrogen and oxygen atoms in total. The van der Waals surface area contributed by atoms with E-state index in [0.29, 0.717) is 0 Å². The molecule has 24 heavy (non-hydrogen) atoms. The number of carbonyl (C=O) groups is 1. The van der Waals surface area contributed by atoms with Crippen LogP contribution < -0.4 is 4.31 Å². The summed E-state index contributed by atoms with van der Waals surface area (Å²) < 4.78 is 31.9. The predicted molar refractivity (Wildman–Crippen MR) is 93.8 cm³/mol. The number of rotatable bonds is 6. The van der Waals surface area contributed by atoms with Gasteiger partial charge in [0.25, 0.3) is 10.0 Å². The van der Waals surface area contributed by atoms with Gasteiger partial charge >= 0.3 is 5.97 Å². The maximum absolute atomic E-state index is 13.0. The topological polar surface area (TPSA) is 63.7 Å². The van der Waals surface area contributed by atoms with Gasteiger partial charge in [0, 0.05) is 0 Å². The molecule has 0 unspecified atom stereocenters. The van der Waals surface area contributed by atoms with Gasteiger partial charge in [-0.25, -0.2) is 8.42 Å². The molecule has 0 bridgehead atoms. The monoisotopic (exact) mass is 367 g/mol. The summed E-state index contributed by atoms with van der Waals surface area (Å²) in [5.74, 6) is -0.644. The third-order valence-electron chi connectivity index (χ3n) is 3.28. The lowest BCUT2D eigenvalue weighted by molar-refractivity contribution is -0.141. The van der Waals surface area contributed by atoms with E-state index >= 15 is 0 Å². The molecule has 0 saturated heterocycles. The molecule has 0 fully saturated rings. The van der Waals surface area contributed by atoms with Gasteiger partial charge in [-0.15, -0.1) is 0 Å². The molecule has 2 aromatic carbocycles. The van der Waals surface area contributed by atoms with Crippen molar-refractivity contribution in [3.63, 3.8) is 0 Å². The molecule has 0 spiro atoms. The normalized spacial score (nSPS) is 11.1. The first-order valence-corrected chi connectivity index (χ1v) is 9.17. The summed E-state index contributed by atoms with van der Waals surface area (Å²) >= 11 is 6.19. The number of hydrogen-bond donors (Lipinski definition) is 0. The van der Waals surface area contributed by atoms with Crippen LogP contribution in [0.1, 0.15) is 12.5 Å². The van der Waals surface area contributed by atoms with E-state index < -0.39 is 22.5 Å². The summed E-state index contributed by atoms with van der Waals surface area (Å²) in [6.45, 7) is 3.19. The van der Waals surface area contributed by atoms with Crippen molar-refractivity contribution >= 4 is 33.3 Å². The second-order valence-electron chi connectivity index (χ2n) is 5.08. The molecule has 2 aromatic rings. The van der Waals surface area contributed by atoms with E-state index in [1.54, 1.807) is 43.3 Å². The van der Waals surface area contributed by atoms with Crippen molar-refractivity contribution in [3.05, 3.63) is 59.1 Å². The number of sulfonamides is 1. The third kappa shape index (κ3) is 4.07. The van der Waals surface area contributed by atoms with Gasteiger partial charge in [-0.05, 0) is 43.7 Å². The van der Waals surface area contributed by atoms with Gasteiger partial charge in [0.05, 0.1) is 22.2 Å². The molecule has 0 heterocycles. The molecule has 2 rings (SSSR count). The minimum atomic E-state index is -3.96. The Bertz CT molecular complexity index is 822. The fourth-order valence-corrected chi connectivity index (χ4v) is 3.87. The summed E-state index contributed by atoms with van der Waals surface area (Å²) in [6.07, 6.45) is 0. The van der Waals surface area contributed by atoms with Crippen molar-refractivity contribution in [2.45, 2.75) is 18.7 Å². The molecule has 0 saturated carbocycles. The van der Waals surface area contributed by atoms with Crippen LogP contribution in [0.4, 0.5) is 5.69 Å². The van der Waals surface area contributed by atoms with E-state index in [2.05, 4.69) is 0 Å². The van der Waals surface area contributed by atoms with Crippen LogP contribution in [0.15, 0.2) is 53.4 Å². The van der Waals surface area contributed by atoms with Crippen molar-refractivity contribution in [2.75, 3.05) is 17.5 Å². The van der Waals surface area contributed by atoms with Crippen LogP contribution in [0.2, 0.25) is 5.02 Å². The Balaban J connectivity index is 2.55. The number of hydrogen-bond acceptors (Lipinski definition) is 4. The minimum absolute atomic E-state index is 0.0758. The summed E-state index contributed by atoms with van der Waals surface area (Å²) in [6, 6.07) is 12.9. The number of aryl methyl sites for hydroxylation is 1. The molecule has 0 N–H and O–H groups in total. The smallest absolute Gasteiger partial charge is 0.326 e. The molecular formula is C17H18ClNO4S. The lowest BCUT2D eigenvalue weighted by atomic mass is 10.2. The second-order valence-corrected chi connectivity index (χ2v) is 7.35. The summed E-state index contributed by atoms with van der Waals surface area (Å²) in [5, 5.41) is 0.240. The first-order chi connectivity index (χ1) is 11.4. The first kappa shape index (κ1) is 18.3. The number of halogens is 1. The number of benzene rings is 2. The Kier molecular flexibility index (Phi) is 5.85. The van der Waals surface area contributed by atoms with Crippen molar-refractivity contribution < 1.29 is 17.9 Å². The zero-order valence-electron chi connectivity index (χ0n) is 13.4. The minimum Gasteiger partial charge on any atom is -0.465 e. The van der Waals surface area contributed by atoms with E-state index in [4.69, 9.17) is 16.3 Å². The van der Waals surface area contributed by atoms with E-state index in [1.165, 1.54) is 12.1 Å². The van der Waals surface area contributed by atoms with Crippen LogP contribution >= 0.6 is 11.6 Å². The molecular weight excluding hydrogens is 350 g/mol. The number of esters is 1. The van der Waals surface area contributed by atoms with Crippen molar-refractivity contribution in [3.8, 4) is 0 Å². The zero-order valence-corrected chi connectivity index (χ0v) is 15.0. The molecule has 0 aliphatic carbocycles. The largest absolute Gasteiger partial charge is 0.465 e. The molecule has 0 atom stereocenters. The second kappa shape index (κ2) is 7.68. The highest BCUT2D eigenvalue weighted by molar-refractivity contribution is 7.92. The zero-order chi connectivity index (χ0) is 17.7. The Hall–Kier alpha value is -2.05. The number of ether oxygens (including phenoxy) is 1. The predicted octanol–water partition coefficient (Wildman–Crippen LogP) is 3.41. The lowest BCUT2D eigenvalue weighted by Crippen LogP contribution is -2.36. The van der Waals surface area contributed by atoms with Gasteiger partial charge in [-0.1, -0.05) is 35.9 Å². The number of nitrogens with zero attached hydrogens (tertiary/aromatic N) is 1. The summed E-state index contributed by atoms with van der Waals surface area (Å²) in [5.41, 5.74) is 1.07. The van der Waals surface area contributed by atoms with Crippen LogP contribution in [0.3, 0.4) is 0 Å². The van der Waals surface area contributed by atoms with Crippen molar-refractivity contribution in [2.24, 2.45) is 0 Å². The van der Waals surface area contributed by atoms with Crippen molar-refractivity contribution in [1.82, 2.24) is 0 Å². The maximum atomic E-state index is 13.0. The molecule has 0 aliphatic heterocycles. The average molecular weight is 368 g/mol. The highest BCUT2D eigenvalue weighted by Crippen LogP contribution is 2.31. The molecule has 0 aliphatic rings. The number of carbonyl (C=O) groups excluding carboxylic acids is 1. The van der Waals surface area contributed by atoms with E-state index in [-0.39, 0.29) is 22.2 Å². The summed E-state index contributed by atoms with van der Waals surface area (Å²) in [7, 11) is -3.96. The van der Waals surface area contributed by atoms with E-state index in [0.717, 1.165) is 9.87 Å². The Labute approximate surface area is 146 Å². The maximum Gasteiger partial charge on any atom is 0.326 e. The molecule has 128 valence electrons. The first-order valence-electron chi connectivity index (χ1n) is 7.36. The fraction of sp³-hybridized carbons (Fsp3) is 0.235. The summed E-state index contributed by atoms with van der Waals surface area (Å²) in [4.78, 5) is 12.0. The molecule has 0 radical (unpaired) electrons. The van der Waals surface area contributed by atoms with Gasteiger partial charge in [0.15, 0.2) is 0 Å². The highest BCUT2D eigenvalue weighted by Gasteiger charge is 2.29. The highest BCUT2D eigenvalue weighted by atomic mass is 35.5. The Morgan fingerprint density at radius 1 is 1.17 bits per heavy atom. The SMILES string of the molecule is CCOC(=O)CN(c1cc(C)ccc1Cl)S(=O)(=O)c1ccccc1. The van der Waals surface area contributed by atoms with E-state index in [9.17, 15) is 13.2 Å². The number of anilines is 1. The quantitative estimate of drug-likeness (QED) is 0.734. The molecule has 0 aromatic heterocycles. The van der Waals surface area contributed by atoms with Crippen LogP contribution in [-0.4, -0.2) is 27.5 Å². The van der Waals surface area contributed by atoms with Crippen LogP contribution in [-0.2, 0) is 19.6 Å². The standard InChI is InChI=1S/C17H18ClNO4S/c1-3-23-17(20)12-19(16-11-13(2)9-10-15(16)18)24(21,22)14-7-5-4-6-8-14/h4-11H,3,12H2,1-2H3. The molecule has 7 heteroatoms. The Morgan fingerprint density at radius 2 is 1.83 bits per heavy atom. The lowest BCUT2D eigenvalue weighted by Gasteiger charge is -2.24. The third-order valence-corrected chi connectivity index (χ3v) is 5.37. The molecule has 0 amide bonds. The Morgan fingerprint density at radius 3 is 2.46 bits per heavy atom. The van der Waals surface area contributed by atoms with Crippen LogP contribution in [0.5, 0.6) is 0 Å². The van der Waals surface area contributed by atoms with Gasteiger partial charge < -0.3 is 4.74 Å².